The van der Waals surface area contributed by atoms with Crippen molar-refractivity contribution in [3.8, 4) is 0 Å². The molecule has 0 atom stereocenters. The molecule has 3 rings (SSSR count). The number of nitrogens with zero attached hydrogens (tertiary/aromatic N) is 2. The molecule has 1 saturated carbocycles. The van der Waals surface area contributed by atoms with Gasteiger partial charge in [-0.3, -0.25) is 4.72 Å². The molecule has 21 heavy (non-hydrogen) atoms. The van der Waals surface area contributed by atoms with E-state index in [2.05, 4.69) is 20.2 Å². The van der Waals surface area contributed by atoms with Gasteiger partial charge in [0.1, 0.15) is 10.4 Å². The van der Waals surface area contributed by atoms with Gasteiger partial charge in [0, 0.05) is 12.6 Å². The van der Waals surface area contributed by atoms with Crippen LogP contribution in [-0.4, -0.2) is 24.7 Å². The smallest absolute Gasteiger partial charge is 0.265 e. The van der Waals surface area contributed by atoms with Crippen molar-refractivity contribution in [1.82, 2.24) is 15.5 Å². The van der Waals surface area contributed by atoms with Gasteiger partial charge in [-0.15, -0.1) is 10.2 Å². The second-order valence-corrected chi connectivity index (χ2v) is 7.66. The zero-order chi connectivity index (χ0) is 14.9. The molecule has 112 valence electrons. The number of nitrogens with one attached hydrogen (secondary N) is 2. The van der Waals surface area contributed by atoms with Crippen LogP contribution >= 0.6 is 22.9 Å². The van der Waals surface area contributed by atoms with Gasteiger partial charge in [-0.25, -0.2) is 8.42 Å². The number of halogens is 1. The van der Waals surface area contributed by atoms with Crippen LogP contribution < -0.4 is 10.0 Å². The summed E-state index contributed by atoms with van der Waals surface area (Å²) >= 11 is 7.13. The van der Waals surface area contributed by atoms with E-state index in [-0.39, 0.29) is 15.0 Å². The van der Waals surface area contributed by atoms with E-state index in [4.69, 9.17) is 11.6 Å². The Hall–Kier alpha value is -1.22. The number of rotatable bonds is 6. The van der Waals surface area contributed by atoms with Crippen LogP contribution in [0.4, 0.5) is 5.13 Å². The van der Waals surface area contributed by atoms with Crippen LogP contribution in [0.3, 0.4) is 0 Å². The number of hydrogen-bond acceptors (Lipinski definition) is 6. The van der Waals surface area contributed by atoms with Gasteiger partial charge in [0.25, 0.3) is 10.0 Å². The van der Waals surface area contributed by atoms with Crippen molar-refractivity contribution < 1.29 is 8.42 Å². The van der Waals surface area contributed by atoms with Crippen LogP contribution in [0.25, 0.3) is 0 Å². The van der Waals surface area contributed by atoms with Crippen molar-refractivity contribution in [2.75, 3.05) is 4.72 Å². The van der Waals surface area contributed by atoms with E-state index in [1.807, 2.05) is 6.07 Å². The molecule has 2 aromatic rings. The van der Waals surface area contributed by atoms with Crippen LogP contribution in [0, 0.1) is 0 Å². The van der Waals surface area contributed by atoms with Gasteiger partial charge in [-0.05, 0) is 30.5 Å². The Morgan fingerprint density at radius 2 is 2.19 bits per heavy atom. The highest BCUT2D eigenvalue weighted by molar-refractivity contribution is 7.93. The van der Waals surface area contributed by atoms with E-state index >= 15 is 0 Å². The van der Waals surface area contributed by atoms with Gasteiger partial charge in [0.15, 0.2) is 0 Å². The third kappa shape index (κ3) is 3.70. The van der Waals surface area contributed by atoms with Crippen LogP contribution in [0.5, 0.6) is 0 Å². The maximum absolute atomic E-state index is 12.3. The van der Waals surface area contributed by atoms with Crippen LogP contribution in [0.1, 0.15) is 18.4 Å². The quantitative estimate of drug-likeness (QED) is 0.839. The second kappa shape index (κ2) is 5.88. The molecule has 6 nitrogen and oxygen atoms in total. The Labute approximate surface area is 131 Å². The second-order valence-electron chi connectivity index (χ2n) is 4.77. The average Bonchev–Trinajstić information content (AvgIpc) is 3.14. The summed E-state index contributed by atoms with van der Waals surface area (Å²) < 4.78 is 27.1. The summed E-state index contributed by atoms with van der Waals surface area (Å²) in [7, 11) is -3.76. The Morgan fingerprint density at radius 3 is 2.86 bits per heavy atom. The lowest BCUT2D eigenvalue weighted by Gasteiger charge is -2.09. The van der Waals surface area contributed by atoms with E-state index in [9.17, 15) is 8.42 Å². The number of anilines is 1. The molecule has 0 spiro atoms. The lowest BCUT2D eigenvalue weighted by molar-refractivity contribution is 0.600. The van der Waals surface area contributed by atoms with Crippen molar-refractivity contribution in [1.29, 1.82) is 0 Å². The predicted molar refractivity (Wildman–Crippen MR) is 82.0 cm³/mol. The fraction of sp³-hybridized carbons (Fsp3) is 0.333. The summed E-state index contributed by atoms with van der Waals surface area (Å²) in [5, 5.41) is 11.0. The Bertz CT molecular complexity index is 730. The average molecular weight is 345 g/mol. The maximum atomic E-state index is 12.3. The summed E-state index contributed by atoms with van der Waals surface area (Å²) in [6, 6.07) is 5.56. The van der Waals surface area contributed by atoms with Crippen molar-refractivity contribution in [3.05, 3.63) is 34.3 Å². The normalized spacial score (nSPS) is 15.1. The van der Waals surface area contributed by atoms with E-state index in [1.54, 1.807) is 12.1 Å². The number of sulfonamides is 1. The zero-order valence-corrected chi connectivity index (χ0v) is 13.3. The summed E-state index contributed by atoms with van der Waals surface area (Å²) in [6.07, 6.45) is 2.36. The molecular weight excluding hydrogens is 332 g/mol. The third-order valence-corrected chi connectivity index (χ3v) is 5.60. The van der Waals surface area contributed by atoms with Gasteiger partial charge in [-0.2, -0.15) is 0 Å². The lowest BCUT2D eigenvalue weighted by Crippen LogP contribution is -2.17. The molecule has 1 aromatic heterocycles. The van der Waals surface area contributed by atoms with Crippen molar-refractivity contribution >= 4 is 38.1 Å². The molecule has 1 aliphatic rings. The van der Waals surface area contributed by atoms with Crippen molar-refractivity contribution in [2.24, 2.45) is 0 Å². The van der Waals surface area contributed by atoms with E-state index in [0.717, 1.165) is 16.9 Å². The molecule has 1 fully saturated rings. The Balaban J connectivity index is 1.83. The minimum atomic E-state index is -3.76. The van der Waals surface area contributed by atoms with Crippen molar-refractivity contribution in [3.63, 3.8) is 0 Å². The summed E-state index contributed by atoms with van der Waals surface area (Å²) in [5.74, 6) is 0. The predicted octanol–water partition coefficient (Wildman–Crippen LogP) is 2.24. The summed E-state index contributed by atoms with van der Waals surface area (Å²) in [4.78, 5) is 0.0504. The fourth-order valence-electron chi connectivity index (χ4n) is 1.80. The standard InChI is InChI=1S/C12H13ClN4O2S2/c13-10-4-1-8(6-14-9-2-3-9)5-11(10)21(18,19)17-12-16-15-7-20-12/h1,4-5,7,9,14H,2-3,6H2,(H,16,17). The molecule has 0 aliphatic heterocycles. The summed E-state index contributed by atoms with van der Waals surface area (Å²) in [6.45, 7) is 0.628. The molecule has 0 saturated heterocycles. The SMILES string of the molecule is O=S(=O)(Nc1nncs1)c1cc(CNC2CC2)ccc1Cl. The topological polar surface area (TPSA) is 84.0 Å². The van der Waals surface area contributed by atoms with Crippen LogP contribution in [0.15, 0.2) is 28.6 Å². The largest absolute Gasteiger partial charge is 0.310 e. The van der Waals surface area contributed by atoms with Gasteiger partial charge in [0.05, 0.1) is 5.02 Å². The maximum Gasteiger partial charge on any atom is 0.265 e. The Morgan fingerprint density at radius 1 is 1.38 bits per heavy atom. The van der Waals surface area contributed by atoms with Crippen LogP contribution in [0.2, 0.25) is 5.02 Å². The molecule has 1 heterocycles. The van der Waals surface area contributed by atoms with Crippen molar-refractivity contribution in [2.45, 2.75) is 30.3 Å². The first-order valence-electron chi connectivity index (χ1n) is 6.35. The van der Waals surface area contributed by atoms with E-state index < -0.39 is 10.0 Å². The van der Waals surface area contributed by atoms with E-state index in [0.29, 0.717) is 12.6 Å². The molecule has 9 heteroatoms. The number of benzene rings is 1. The molecule has 0 amide bonds. The van der Waals surface area contributed by atoms with Gasteiger partial charge >= 0.3 is 0 Å². The molecule has 0 bridgehead atoms. The summed E-state index contributed by atoms with van der Waals surface area (Å²) in [5.41, 5.74) is 2.33. The minimum Gasteiger partial charge on any atom is -0.310 e. The molecule has 1 aliphatic carbocycles. The number of aromatic nitrogens is 2. The first-order valence-corrected chi connectivity index (χ1v) is 9.09. The monoisotopic (exact) mass is 344 g/mol. The first-order chi connectivity index (χ1) is 10.0. The molecule has 1 aromatic carbocycles. The first kappa shape index (κ1) is 14.7. The highest BCUT2D eigenvalue weighted by Gasteiger charge is 2.22. The van der Waals surface area contributed by atoms with Gasteiger partial charge in [-0.1, -0.05) is 29.0 Å². The zero-order valence-electron chi connectivity index (χ0n) is 10.9. The molecular formula is C12H13ClN4O2S2. The van der Waals surface area contributed by atoms with Gasteiger partial charge < -0.3 is 5.32 Å². The molecule has 0 radical (unpaired) electrons. The molecule has 0 unspecified atom stereocenters. The highest BCUT2D eigenvalue weighted by atomic mass is 35.5. The third-order valence-electron chi connectivity index (χ3n) is 3.04. The molecule has 2 N–H and O–H groups in total. The lowest BCUT2D eigenvalue weighted by atomic mass is 10.2. The number of hydrogen-bond donors (Lipinski definition) is 2. The highest BCUT2D eigenvalue weighted by Crippen LogP contribution is 2.26. The van der Waals surface area contributed by atoms with E-state index in [1.165, 1.54) is 18.4 Å². The van der Waals surface area contributed by atoms with Gasteiger partial charge in [0.2, 0.25) is 5.13 Å². The minimum absolute atomic E-state index is 0.0504. The Kier molecular flexibility index (Phi) is 4.12. The van der Waals surface area contributed by atoms with Crippen LogP contribution in [-0.2, 0) is 16.6 Å². The fourth-order valence-corrected chi connectivity index (χ4v) is 4.04.